The van der Waals surface area contributed by atoms with Gasteiger partial charge < -0.3 is 20.3 Å². The van der Waals surface area contributed by atoms with Crippen molar-refractivity contribution in [2.45, 2.75) is 51.2 Å². The Morgan fingerprint density at radius 1 is 1.23 bits per heavy atom. The number of rotatable bonds is 6. The number of hydrogen-bond acceptors (Lipinski definition) is 3. The largest absolute Gasteiger partial charge is 0.376 e. The molecule has 2 N–H and O–H groups in total. The minimum absolute atomic E-state index is 0.00362. The third kappa shape index (κ3) is 4.55. The molecular formula is C20H29N3O3. The number of ether oxygens (including phenoxy) is 1. The molecule has 0 radical (unpaired) electrons. The van der Waals surface area contributed by atoms with Gasteiger partial charge in [0.15, 0.2) is 0 Å². The standard InChI is InChI=1S/C20H29N3O3/c1-15-6-8-16(9-7-15)10-12-22(14-17-4-3-13-26-17)19(24)18-5-2-11-23(18)20(21)25/h6-9,17-18H,2-5,10-14H2,1H3,(H2,21,25)/t17?,18-/m0/s1. The van der Waals surface area contributed by atoms with Gasteiger partial charge in [-0.05, 0) is 44.6 Å². The van der Waals surface area contributed by atoms with Crippen LogP contribution in [0.15, 0.2) is 24.3 Å². The van der Waals surface area contributed by atoms with Crippen LogP contribution in [0.2, 0.25) is 0 Å². The zero-order chi connectivity index (χ0) is 18.5. The second-order valence-corrected chi connectivity index (χ2v) is 7.34. The molecule has 2 fully saturated rings. The topological polar surface area (TPSA) is 75.9 Å². The highest BCUT2D eigenvalue weighted by molar-refractivity contribution is 5.87. The van der Waals surface area contributed by atoms with Gasteiger partial charge in [-0.1, -0.05) is 29.8 Å². The van der Waals surface area contributed by atoms with Crippen molar-refractivity contribution >= 4 is 11.9 Å². The number of urea groups is 1. The number of hydrogen-bond donors (Lipinski definition) is 1. The lowest BCUT2D eigenvalue weighted by atomic mass is 10.1. The molecule has 0 aromatic heterocycles. The lowest BCUT2D eigenvalue weighted by Gasteiger charge is -2.31. The van der Waals surface area contributed by atoms with Gasteiger partial charge in [-0.2, -0.15) is 0 Å². The zero-order valence-electron chi connectivity index (χ0n) is 15.5. The smallest absolute Gasteiger partial charge is 0.315 e. The second kappa shape index (κ2) is 8.54. The second-order valence-electron chi connectivity index (χ2n) is 7.34. The van der Waals surface area contributed by atoms with Gasteiger partial charge in [0.2, 0.25) is 5.91 Å². The van der Waals surface area contributed by atoms with Gasteiger partial charge in [0.1, 0.15) is 6.04 Å². The van der Waals surface area contributed by atoms with E-state index in [-0.39, 0.29) is 12.0 Å². The van der Waals surface area contributed by atoms with E-state index in [1.165, 1.54) is 16.0 Å². The van der Waals surface area contributed by atoms with Crippen LogP contribution in [0.1, 0.15) is 36.8 Å². The number of aryl methyl sites for hydroxylation is 1. The van der Waals surface area contributed by atoms with Gasteiger partial charge in [-0.25, -0.2) is 4.79 Å². The van der Waals surface area contributed by atoms with Crippen LogP contribution in [0.5, 0.6) is 0 Å². The lowest BCUT2D eigenvalue weighted by Crippen LogP contribution is -2.51. The predicted octanol–water partition coefficient (Wildman–Crippen LogP) is 2.09. The van der Waals surface area contributed by atoms with E-state index in [2.05, 4.69) is 31.2 Å². The highest BCUT2D eigenvalue weighted by Crippen LogP contribution is 2.21. The number of primary amides is 1. The summed E-state index contributed by atoms with van der Waals surface area (Å²) >= 11 is 0. The molecule has 0 saturated carbocycles. The summed E-state index contributed by atoms with van der Waals surface area (Å²) in [5, 5.41) is 0. The van der Waals surface area contributed by atoms with Gasteiger partial charge in [-0.3, -0.25) is 4.79 Å². The highest BCUT2D eigenvalue weighted by atomic mass is 16.5. The van der Waals surface area contributed by atoms with Gasteiger partial charge >= 0.3 is 6.03 Å². The van der Waals surface area contributed by atoms with E-state index in [9.17, 15) is 9.59 Å². The van der Waals surface area contributed by atoms with Crippen LogP contribution in [-0.4, -0.2) is 60.1 Å². The monoisotopic (exact) mass is 359 g/mol. The van der Waals surface area contributed by atoms with Crippen LogP contribution in [0.25, 0.3) is 0 Å². The fraction of sp³-hybridized carbons (Fsp3) is 0.600. The molecule has 0 aliphatic carbocycles. The molecule has 6 nitrogen and oxygen atoms in total. The van der Waals surface area contributed by atoms with Crippen LogP contribution >= 0.6 is 0 Å². The Kier molecular flexibility index (Phi) is 6.14. The van der Waals surface area contributed by atoms with Crippen LogP contribution in [0.3, 0.4) is 0 Å². The summed E-state index contributed by atoms with van der Waals surface area (Å²) in [4.78, 5) is 28.2. The van der Waals surface area contributed by atoms with E-state index in [0.29, 0.717) is 26.1 Å². The number of carbonyl (C=O) groups excluding carboxylic acids is 2. The van der Waals surface area contributed by atoms with E-state index in [1.807, 2.05) is 4.90 Å². The Labute approximate surface area is 155 Å². The maximum Gasteiger partial charge on any atom is 0.315 e. The van der Waals surface area contributed by atoms with Gasteiger partial charge in [0.05, 0.1) is 6.10 Å². The van der Waals surface area contributed by atoms with Crippen molar-refractivity contribution in [3.63, 3.8) is 0 Å². The van der Waals surface area contributed by atoms with Crippen molar-refractivity contribution in [2.75, 3.05) is 26.2 Å². The summed E-state index contributed by atoms with van der Waals surface area (Å²) in [5.74, 6) is 0.00362. The van der Waals surface area contributed by atoms with Crippen molar-refractivity contribution in [1.29, 1.82) is 0 Å². The minimum Gasteiger partial charge on any atom is -0.376 e. The molecule has 0 spiro atoms. The number of nitrogens with two attached hydrogens (primary N) is 1. The fourth-order valence-corrected chi connectivity index (χ4v) is 3.84. The van der Waals surface area contributed by atoms with E-state index in [0.717, 1.165) is 32.3 Å². The SMILES string of the molecule is Cc1ccc(CCN(CC2CCCO2)C(=O)[C@@H]2CCCN2C(N)=O)cc1. The van der Waals surface area contributed by atoms with Crippen molar-refractivity contribution in [3.8, 4) is 0 Å². The Morgan fingerprint density at radius 2 is 2.00 bits per heavy atom. The summed E-state index contributed by atoms with van der Waals surface area (Å²) in [6.07, 6.45) is 4.43. The number of benzene rings is 1. The normalized spacial score (nSPS) is 22.6. The predicted molar refractivity (Wildman–Crippen MR) is 99.7 cm³/mol. The summed E-state index contributed by atoms with van der Waals surface area (Å²) in [7, 11) is 0. The average molecular weight is 359 g/mol. The molecule has 2 aliphatic rings. The summed E-state index contributed by atoms with van der Waals surface area (Å²) in [5.41, 5.74) is 7.89. The zero-order valence-corrected chi connectivity index (χ0v) is 15.5. The fourth-order valence-electron chi connectivity index (χ4n) is 3.84. The Hall–Kier alpha value is -2.08. The van der Waals surface area contributed by atoms with Crippen molar-refractivity contribution in [1.82, 2.24) is 9.80 Å². The lowest BCUT2D eigenvalue weighted by molar-refractivity contribution is -0.136. The van der Waals surface area contributed by atoms with E-state index >= 15 is 0 Å². The molecule has 2 aliphatic heterocycles. The minimum atomic E-state index is -0.503. The molecule has 2 saturated heterocycles. The molecule has 2 heterocycles. The highest BCUT2D eigenvalue weighted by Gasteiger charge is 2.36. The average Bonchev–Trinajstić information content (AvgIpc) is 3.31. The number of nitrogens with zero attached hydrogens (tertiary/aromatic N) is 2. The third-order valence-corrected chi connectivity index (χ3v) is 5.37. The Bertz CT molecular complexity index is 626. The summed E-state index contributed by atoms with van der Waals surface area (Å²) < 4.78 is 5.74. The molecule has 3 rings (SSSR count). The molecule has 26 heavy (non-hydrogen) atoms. The molecule has 0 bridgehead atoms. The molecule has 6 heteroatoms. The maximum atomic E-state index is 13.1. The van der Waals surface area contributed by atoms with Gasteiger partial charge in [0, 0.05) is 26.2 Å². The maximum absolute atomic E-state index is 13.1. The first kappa shape index (κ1) is 18.7. The Morgan fingerprint density at radius 3 is 2.65 bits per heavy atom. The molecular weight excluding hydrogens is 330 g/mol. The summed E-state index contributed by atoms with van der Waals surface area (Å²) in [6.45, 7) is 4.62. The third-order valence-electron chi connectivity index (χ3n) is 5.37. The first-order valence-electron chi connectivity index (χ1n) is 9.56. The van der Waals surface area contributed by atoms with Crippen LogP contribution in [0, 0.1) is 6.92 Å². The van der Waals surface area contributed by atoms with Crippen LogP contribution < -0.4 is 5.73 Å². The quantitative estimate of drug-likeness (QED) is 0.845. The summed E-state index contributed by atoms with van der Waals surface area (Å²) in [6, 6.07) is 7.47. The van der Waals surface area contributed by atoms with E-state index < -0.39 is 12.1 Å². The first-order valence-corrected chi connectivity index (χ1v) is 9.56. The molecule has 3 amide bonds. The number of carbonyl (C=O) groups is 2. The van der Waals surface area contributed by atoms with Crippen LogP contribution in [-0.2, 0) is 16.0 Å². The van der Waals surface area contributed by atoms with Crippen molar-refractivity contribution < 1.29 is 14.3 Å². The van der Waals surface area contributed by atoms with E-state index in [1.54, 1.807) is 0 Å². The first-order chi connectivity index (χ1) is 12.5. The van der Waals surface area contributed by atoms with E-state index in [4.69, 9.17) is 10.5 Å². The molecule has 142 valence electrons. The molecule has 2 atom stereocenters. The van der Waals surface area contributed by atoms with Crippen LogP contribution in [0.4, 0.5) is 4.79 Å². The number of likely N-dealkylation sites (tertiary alicyclic amines) is 1. The van der Waals surface area contributed by atoms with Gasteiger partial charge in [-0.15, -0.1) is 0 Å². The van der Waals surface area contributed by atoms with Crippen molar-refractivity contribution in [3.05, 3.63) is 35.4 Å². The Balaban J connectivity index is 1.68. The van der Waals surface area contributed by atoms with Crippen molar-refractivity contribution in [2.24, 2.45) is 5.73 Å². The molecule has 1 unspecified atom stereocenters. The molecule has 1 aromatic rings. The molecule has 1 aromatic carbocycles. The van der Waals surface area contributed by atoms with Gasteiger partial charge in [0.25, 0.3) is 0 Å². The number of amides is 3.